The van der Waals surface area contributed by atoms with Crippen LogP contribution in [0.1, 0.15) is 44.4 Å². The van der Waals surface area contributed by atoms with E-state index in [9.17, 15) is 31.5 Å². The van der Waals surface area contributed by atoms with Gasteiger partial charge in [0, 0.05) is 36.7 Å². The number of hydrogen-bond acceptors (Lipinski definition) is 5. The van der Waals surface area contributed by atoms with E-state index in [2.05, 4.69) is 10.4 Å². The lowest BCUT2D eigenvalue weighted by Gasteiger charge is -2.37. The Bertz CT molecular complexity index is 1050. The van der Waals surface area contributed by atoms with Crippen LogP contribution in [0, 0.1) is 29.4 Å². The molecule has 2 saturated heterocycles. The standard InChI is InChI=1S/C24H29F5N4O3/c1-11-5-19(33(13(11)3)23(35)21-12(2)8-30-32(21)4)22(34)31-20(14-9-36-10-14)15-6-18(26)16(7-17(15)25)24(27,28)29/h6-8,11-14,19-21H,5,9-10H2,1-4H3,(H,31,34)/t11-,12?,13-,19-,20?,21?/m1/s1. The van der Waals surface area contributed by atoms with Crippen molar-refractivity contribution < 1.29 is 36.3 Å². The van der Waals surface area contributed by atoms with Crippen molar-refractivity contribution in [1.29, 1.82) is 0 Å². The van der Waals surface area contributed by atoms with Gasteiger partial charge in [0.15, 0.2) is 0 Å². The smallest absolute Gasteiger partial charge is 0.381 e. The van der Waals surface area contributed by atoms with Gasteiger partial charge in [-0.1, -0.05) is 13.8 Å². The lowest BCUT2D eigenvalue weighted by atomic mass is 9.89. The number of alkyl halides is 3. The molecular formula is C24H29F5N4O3. The number of nitrogens with one attached hydrogen (secondary N) is 1. The quantitative estimate of drug-likeness (QED) is 0.610. The molecule has 6 atom stereocenters. The molecule has 2 amide bonds. The molecule has 1 aromatic rings. The maximum Gasteiger partial charge on any atom is 0.419 e. The topological polar surface area (TPSA) is 74.2 Å². The molecule has 0 radical (unpaired) electrons. The largest absolute Gasteiger partial charge is 0.419 e. The second-order valence-corrected chi connectivity index (χ2v) is 9.99. The maximum atomic E-state index is 14.8. The van der Waals surface area contributed by atoms with Gasteiger partial charge in [-0.25, -0.2) is 8.78 Å². The summed E-state index contributed by atoms with van der Waals surface area (Å²) in [6, 6.07) is -2.25. The van der Waals surface area contributed by atoms with Crippen LogP contribution >= 0.6 is 0 Å². The third-order valence-electron chi connectivity index (χ3n) is 7.55. The first-order valence-corrected chi connectivity index (χ1v) is 11.8. The molecule has 1 aromatic carbocycles. The first kappa shape index (κ1) is 26.3. The molecule has 3 heterocycles. The number of carbonyl (C=O) groups excluding carboxylic acids is 2. The lowest BCUT2D eigenvalue weighted by Crippen LogP contribution is -2.56. The van der Waals surface area contributed by atoms with Crippen LogP contribution in [0.5, 0.6) is 0 Å². The SMILES string of the molecule is CC1C=NN(C)C1C(=O)N1[C@@H](C(=O)NC(c2cc(F)c(C(F)(F)F)cc2F)C2COC2)C[C@@H](C)[C@H]1C. The van der Waals surface area contributed by atoms with Gasteiger partial charge in [-0.2, -0.15) is 18.3 Å². The van der Waals surface area contributed by atoms with Gasteiger partial charge in [-0.05, 0) is 31.4 Å². The van der Waals surface area contributed by atoms with Crippen molar-refractivity contribution in [2.45, 2.75) is 57.5 Å². The van der Waals surface area contributed by atoms with E-state index in [0.717, 1.165) is 0 Å². The summed E-state index contributed by atoms with van der Waals surface area (Å²) in [6.45, 7) is 5.85. The predicted molar refractivity (Wildman–Crippen MR) is 120 cm³/mol. The summed E-state index contributed by atoms with van der Waals surface area (Å²) in [6.07, 6.45) is -3.05. The summed E-state index contributed by atoms with van der Waals surface area (Å²) < 4.78 is 73.4. The van der Waals surface area contributed by atoms with E-state index in [1.165, 1.54) is 4.90 Å². The molecule has 7 nitrogen and oxygen atoms in total. The molecule has 0 saturated carbocycles. The molecule has 0 aromatic heterocycles. The molecule has 12 heteroatoms. The predicted octanol–water partition coefficient (Wildman–Crippen LogP) is 3.35. The van der Waals surface area contributed by atoms with Crippen LogP contribution < -0.4 is 5.32 Å². The Morgan fingerprint density at radius 3 is 2.33 bits per heavy atom. The van der Waals surface area contributed by atoms with Gasteiger partial charge in [0.25, 0.3) is 0 Å². The van der Waals surface area contributed by atoms with Gasteiger partial charge < -0.3 is 15.0 Å². The number of benzene rings is 1. The zero-order valence-electron chi connectivity index (χ0n) is 20.4. The summed E-state index contributed by atoms with van der Waals surface area (Å²) in [5.41, 5.74) is -2.11. The molecule has 4 rings (SSSR count). The van der Waals surface area contributed by atoms with Crippen molar-refractivity contribution in [2.75, 3.05) is 20.3 Å². The van der Waals surface area contributed by atoms with Crippen LogP contribution in [0.4, 0.5) is 22.0 Å². The highest BCUT2D eigenvalue weighted by Crippen LogP contribution is 2.38. The summed E-state index contributed by atoms with van der Waals surface area (Å²) in [7, 11) is 1.68. The van der Waals surface area contributed by atoms with Crippen molar-refractivity contribution in [3.8, 4) is 0 Å². The minimum atomic E-state index is -5.06. The summed E-state index contributed by atoms with van der Waals surface area (Å²) in [4.78, 5) is 28.5. The van der Waals surface area contributed by atoms with E-state index in [4.69, 9.17) is 4.74 Å². The van der Waals surface area contributed by atoms with Crippen molar-refractivity contribution >= 4 is 18.0 Å². The summed E-state index contributed by atoms with van der Waals surface area (Å²) in [5.74, 6) is -4.40. The Morgan fingerprint density at radius 2 is 1.81 bits per heavy atom. The number of rotatable bonds is 5. The molecule has 2 fully saturated rings. The number of amides is 2. The normalized spacial score (nSPS) is 29.4. The molecule has 36 heavy (non-hydrogen) atoms. The molecule has 1 N–H and O–H groups in total. The number of likely N-dealkylation sites (tertiary alicyclic amines) is 1. The van der Waals surface area contributed by atoms with Crippen LogP contribution in [0.25, 0.3) is 0 Å². The van der Waals surface area contributed by atoms with Crippen LogP contribution in [-0.2, 0) is 20.5 Å². The van der Waals surface area contributed by atoms with E-state index in [-0.39, 0.29) is 43.1 Å². The van der Waals surface area contributed by atoms with Gasteiger partial charge in [0.05, 0.1) is 24.8 Å². The molecule has 0 aliphatic carbocycles. The minimum absolute atomic E-state index is 0.0154. The minimum Gasteiger partial charge on any atom is -0.381 e. The van der Waals surface area contributed by atoms with Crippen LogP contribution in [0.3, 0.4) is 0 Å². The molecular weight excluding hydrogens is 487 g/mol. The van der Waals surface area contributed by atoms with Gasteiger partial charge in [0.1, 0.15) is 23.7 Å². The van der Waals surface area contributed by atoms with Crippen molar-refractivity contribution in [2.24, 2.45) is 22.9 Å². The first-order valence-electron chi connectivity index (χ1n) is 11.8. The Labute approximate surface area is 205 Å². The van der Waals surface area contributed by atoms with E-state index >= 15 is 0 Å². The van der Waals surface area contributed by atoms with Crippen molar-refractivity contribution in [3.63, 3.8) is 0 Å². The number of nitrogens with zero attached hydrogens (tertiary/aromatic N) is 3. The number of likely N-dealkylation sites (N-methyl/N-ethyl adjacent to an activating group) is 1. The average molecular weight is 517 g/mol. The van der Waals surface area contributed by atoms with Crippen LogP contribution in [0.2, 0.25) is 0 Å². The molecule has 3 aliphatic heterocycles. The fraction of sp³-hybridized carbons (Fsp3) is 0.625. The number of carbonyl (C=O) groups is 2. The highest BCUT2D eigenvalue weighted by molar-refractivity contribution is 5.93. The number of ether oxygens (including phenoxy) is 1. The molecule has 0 bridgehead atoms. The fourth-order valence-electron chi connectivity index (χ4n) is 5.21. The Balaban J connectivity index is 1.61. The first-order chi connectivity index (χ1) is 16.8. The van der Waals surface area contributed by atoms with E-state index < -0.39 is 58.9 Å². The lowest BCUT2D eigenvalue weighted by molar-refractivity contribution is -0.145. The van der Waals surface area contributed by atoms with Crippen molar-refractivity contribution in [3.05, 3.63) is 34.9 Å². The van der Waals surface area contributed by atoms with Gasteiger partial charge in [-0.3, -0.25) is 14.6 Å². The summed E-state index contributed by atoms with van der Waals surface area (Å²) >= 11 is 0. The second kappa shape index (κ2) is 9.60. The monoisotopic (exact) mass is 516 g/mol. The Morgan fingerprint density at radius 1 is 1.14 bits per heavy atom. The Kier molecular flexibility index (Phi) is 7.02. The van der Waals surface area contributed by atoms with Crippen LogP contribution in [-0.4, -0.2) is 66.3 Å². The molecule has 198 valence electrons. The second-order valence-electron chi connectivity index (χ2n) is 9.99. The highest BCUT2D eigenvalue weighted by Gasteiger charge is 2.48. The van der Waals surface area contributed by atoms with Gasteiger partial charge in [0.2, 0.25) is 11.8 Å². The Hall–Kier alpha value is -2.76. The maximum absolute atomic E-state index is 14.8. The third-order valence-corrected chi connectivity index (χ3v) is 7.55. The van der Waals surface area contributed by atoms with E-state index in [1.807, 2.05) is 20.8 Å². The summed E-state index contributed by atoms with van der Waals surface area (Å²) in [5, 5.41) is 8.41. The van der Waals surface area contributed by atoms with Gasteiger partial charge >= 0.3 is 6.18 Å². The van der Waals surface area contributed by atoms with Gasteiger partial charge in [-0.15, -0.1) is 0 Å². The third kappa shape index (κ3) is 4.67. The molecule has 0 spiro atoms. The average Bonchev–Trinajstić information content (AvgIpc) is 3.24. The zero-order valence-corrected chi connectivity index (χ0v) is 20.4. The fourth-order valence-corrected chi connectivity index (χ4v) is 5.21. The number of hydrogen-bond donors (Lipinski definition) is 1. The molecule has 3 aliphatic rings. The van der Waals surface area contributed by atoms with Crippen molar-refractivity contribution in [1.82, 2.24) is 15.2 Å². The number of halogens is 5. The number of hydrazone groups is 1. The van der Waals surface area contributed by atoms with E-state index in [1.54, 1.807) is 18.3 Å². The van der Waals surface area contributed by atoms with Crippen LogP contribution in [0.15, 0.2) is 17.2 Å². The molecule has 3 unspecified atom stereocenters. The zero-order chi connectivity index (χ0) is 26.5. The highest BCUT2D eigenvalue weighted by atomic mass is 19.4. The van der Waals surface area contributed by atoms with E-state index in [0.29, 0.717) is 12.5 Å².